The van der Waals surface area contributed by atoms with Crippen molar-refractivity contribution in [2.24, 2.45) is 0 Å². The molecule has 0 spiro atoms. The predicted molar refractivity (Wildman–Crippen MR) is 113 cm³/mol. The lowest BCUT2D eigenvalue weighted by molar-refractivity contribution is -1.91. The standard InChI is InChI=1S/C23H16Cl2O4S/c24-21-13-11-17(12-14-21)20-15-22(18-7-3-1-4-8-18)30(29-25(26,27)28)23(16-20)19-9-5-2-6-10-19/h1-16H. The maximum Gasteiger partial charge on any atom is 0.148 e. The Bertz CT molecular complexity index is 1130. The molecule has 1 unspecified atom stereocenters. The van der Waals surface area contributed by atoms with Gasteiger partial charge in [-0.05, 0) is 46.5 Å². The summed E-state index contributed by atoms with van der Waals surface area (Å²) in [6.45, 7) is 0. The normalized spacial score (nSPS) is 16.8. The van der Waals surface area contributed by atoms with Crippen LogP contribution < -0.4 is 14.0 Å². The highest BCUT2D eigenvalue weighted by Crippen LogP contribution is 2.44. The zero-order valence-electron chi connectivity index (χ0n) is 15.5. The van der Waals surface area contributed by atoms with Crippen LogP contribution in [-0.4, -0.2) is 4.86 Å². The molecule has 4 rings (SSSR count). The van der Waals surface area contributed by atoms with Gasteiger partial charge in [-0.2, -0.15) is 14.0 Å². The molecule has 0 amide bonds. The van der Waals surface area contributed by atoms with Crippen molar-refractivity contribution in [3.63, 3.8) is 0 Å². The third-order valence-corrected chi connectivity index (χ3v) is 7.29. The zero-order chi connectivity index (χ0) is 21.1. The van der Waals surface area contributed by atoms with Crippen molar-refractivity contribution in [3.8, 4) is 0 Å². The molecule has 4 nitrogen and oxygen atoms in total. The van der Waals surface area contributed by atoms with Gasteiger partial charge in [0.25, 0.3) is 0 Å². The van der Waals surface area contributed by atoms with E-state index in [-0.39, 0.29) is 0 Å². The number of rotatable bonds is 5. The van der Waals surface area contributed by atoms with E-state index in [9.17, 15) is 14.0 Å². The van der Waals surface area contributed by atoms with E-state index in [2.05, 4.69) is 0 Å². The summed E-state index contributed by atoms with van der Waals surface area (Å²) in [5.41, 5.74) is 3.31. The number of allylic oxidation sites excluding steroid dienone is 3. The van der Waals surface area contributed by atoms with Gasteiger partial charge < -0.3 is 0 Å². The maximum atomic E-state index is 11.6. The first-order valence-electron chi connectivity index (χ1n) is 8.93. The summed E-state index contributed by atoms with van der Waals surface area (Å²) in [6, 6.07) is 25.9. The molecule has 0 radical (unpaired) electrons. The van der Waals surface area contributed by atoms with E-state index in [1.807, 2.05) is 84.9 Å². The van der Waals surface area contributed by atoms with Crippen LogP contribution in [0.25, 0.3) is 10.5 Å². The second-order valence-corrected chi connectivity index (χ2v) is 9.53. The maximum absolute atomic E-state index is 11.6. The van der Waals surface area contributed by atoms with Crippen LogP contribution in [0.5, 0.6) is 0 Å². The first-order valence-corrected chi connectivity index (χ1v) is 11.7. The highest BCUT2D eigenvalue weighted by molar-refractivity contribution is 8.20. The van der Waals surface area contributed by atoms with Gasteiger partial charge in [0.05, 0.1) is 20.0 Å². The van der Waals surface area contributed by atoms with Gasteiger partial charge >= 0.3 is 0 Å². The fraction of sp³-hybridized carbons (Fsp3) is 0. The minimum absolute atomic E-state index is 0.605. The lowest BCUT2D eigenvalue weighted by atomic mass is 10.0. The van der Waals surface area contributed by atoms with E-state index in [1.165, 1.54) is 0 Å². The molecule has 1 heterocycles. The molecular formula is C23H16Cl2O4S. The van der Waals surface area contributed by atoms with E-state index in [1.54, 1.807) is 12.1 Å². The Hall–Kier alpha value is -2.22. The van der Waals surface area contributed by atoms with Gasteiger partial charge in [-0.1, -0.05) is 84.4 Å². The van der Waals surface area contributed by atoms with E-state index >= 15 is 0 Å². The second-order valence-electron chi connectivity index (χ2n) is 6.42. The summed E-state index contributed by atoms with van der Waals surface area (Å²) >= 11 is 6.03. The number of benzene rings is 3. The van der Waals surface area contributed by atoms with Crippen molar-refractivity contribution in [1.82, 2.24) is 0 Å². The van der Waals surface area contributed by atoms with Crippen molar-refractivity contribution in [2.45, 2.75) is 0 Å². The van der Waals surface area contributed by atoms with Crippen molar-refractivity contribution in [2.75, 3.05) is 0 Å². The molecule has 0 saturated heterocycles. The summed E-state index contributed by atoms with van der Waals surface area (Å²) in [5, 5.41) is 0.619. The van der Waals surface area contributed by atoms with Crippen LogP contribution in [0.3, 0.4) is 0 Å². The van der Waals surface area contributed by atoms with Gasteiger partial charge in [-0.15, -0.1) is 0 Å². The minimum Gasteiger partial charge on any atom is -0.182 e. The molecular weight excluding hydrogens is 443 g/mol. The second kappa shape index (κ2) is 8.88. The van der Waals surface area contributed by atoms with Gasteiger partial charge in [-0.3, -0.25) is 0 Å². The Morgan fingerprint density at radius 3 is 1.80 bits per heavy atom. The molecule has 0 fully saturated rings. The molecule has 0 saturated carbocycles. The first kappa shape index (κ1) is 21.0. The molecule has 3 aromatic carbocycles. The average molecular weight is 459 g/mol. The smallest absolute Gasteiger partial charge is 0.148 e. The van der Waals surface area contributed by atoms with E-state index < -0.39 is 21.0 Å². The van der Waals surface area contributed by atoms with Crippen molar-refractivity contribution in [3.05, 3.63) is 119 Å². The van der Waals surface area contributed by atoms with Crippen molar-refractivity contribution < 1.29 is 28.0 Å². The average Bonchev–Trinajstić information content (AvgIpc) is 2.75. The van der Waals surface area contributed by atoms with E-state index in [0.29, 0.717) is 14.8 Å². The van der Waals surface area contributed by atoms with Crippen LogP contribution in [0.1, 0.15) is 16.7 Å². The summed E-state index contributed by atoms with van der Waals surface area (Å²) in [6.07, 6.45) is 3.71. The molecule has 1 aliphatic rings. The molecule has 1 atom stereocenters. The summed E-state index contributed by atoms with van der Waals surface area (Å²) in [4.78, 5) is 1.21. The van der Waals surface area contributed by atoms with Crippen molar-refractivity contribution in [1.29, 1.82) is 0 Å². The first-order chi connectivity index (χ1) is 14.4. The van der Waals surface area contributed by atoms with Gasteiger partial charge in [0.15, 0.2) is 0 Å². The Kier molecular flexibility index (Phi) is 6.22. The monoisotopic (exact) mass is 458 g/mol. The predicted octanol–water partition coefficient (Wildman–Crippen LogP) is 3.10. The highest BCUT2D eigenvalue weighted by Gasteiger charge is 2.31. The summed E-state index contributed by atoms with van der Waals surface area (Å²) < 4.78 is 39.8. The Morgan fingerprint density at radius 1 is 0.667 bits per heavy atom. The van der Waals surface area contributed by atoms with Gasteiger partial charge in [0.2, 0.25) is 0 Å². The molecule has 30 heavy (non-hydrogen) atoms. The molecule has 1 aliphatic heterocycles. The fourth-order valence-electron chi connectivity index (χ4n) is 3.09. The van der Waals surface area contributed by atoms with Crippen LogP contribution >= 0.6 is 22.4 Å². The van der Waals surface area contributed by atoms with Gasteiger partial charge in [-0.25, -0.2) is 0 Å². The Morgan fingerprint density at radius 2 is 1.23 bits per heavy atom. The van der Waals surface area contributed by atoms with Gasteiger partial charge in [0.1, 0.15) is 14.5 Å². The third kappa shape index (κ3) is 4.91. The number of hydrogen-bond donors (Lipinski definition) is 0. The third-order valence-electron chi connectivity index (χ3n) is 4.41. The summed E-state index contributed by atoms with van der Waals surface area (Å²) in [5.74, 6) is 0. The molecule has 0 N–H and O–H groups in total. The summed E-state index contributed by atoms with van der Waals surface area (Å²) in [7, 11) is -6.06. The largest absolute Gasteiger partial charge is 0.182 e. The molecule has 0 aromatic heterocycles. The molecule has 0 aliphatic carbocycles. The van der Waals surface area contributed by atoms with Gasteiger partial charge in [0, 0.05) is 5.02 Å². The highest BCUT2D eigenvalue weighted by atomic mass is 35.7. The van der Waals surface area contributed by atoms with E-state index in [4.69, 9.17) is 15.3 Å². The van der Waals surface area contributed by atoms with Crippen LogP contribution in [0.4, 0.5) is 0 Å². The fourth-order valence-corrected chi connectivity index (χ4v) is 5.78. The van der Waals surface area contributed by atoms with Crippen molar-refractivity contribution >= 4 is 37.7 Å². The quantitative estimate of drug-likeness (QED) is 0.550. The lowest BCUT2D eigenvalue weighted by Gasteiger charge is -2.22. The molecule has 3 aromatic rings. The van der Waals surface area contributed by atoms with Crippen LogP contribution in [0.2, 0.25) is 5.02 Å². The lowest BCUT2D eigenvalue weighted by Crippen LogP contribution is -2.60. The number of hydrogen-bond acceptors (Lipinski definition) is 4. The Balaban J connectivity index is 1.97. The van der Waals surface area contributed by atoms with Crippen LogP contribution in [0, 0.1) is 10.2 Å². The molecule has 7 heteroatoms. The SMILES string of the molecule is [O-][Cl+3]([O-])([O-])OS1=C(c2ccccc2)C=C(c2ccc(Cl)cc2)C=C1c1ccccc1. The van der Waals surface area contributed by atoms with E-state index in [0.717, 1.165) is 22.3 Å². The number of halogens is 2. The zero-order valence-corrected chi connectivity index (χ0v) is 17.9. The topological polar surface area (TPSA) is 78.4 Å². The minimum atomic E-state index is -4.63. The molecule has 152 valence electrons. The Labute approximate surface area is 184 Å². The molecule has 0 bridgehead atoms. The van der Waals surface area contributed by atoms with Crippen LogP contribution in [-0.2, 0) is 3.74 Å². The van der Waals surface area contributed by atoms with Crippen LogP contribution in [0.15, 0.2) is 97.1 Å².